The van der Waals surface area contributed by atoms with Crippen LogP contribution >= 0.6 is 0 Å². The highest BCUT2D eigenvalue weighted by Gasteiger charge is 2.33. The average Bonchev–Trinajstić information content (AvgIpc) is 2.80. The van der Waals surface area contributed by atoms with E-state index in [0.717, 1.165) is 44.2 Å². The van der Waals surface area contributed by atoms with Crippen LogP contribution in [-0.4, -0.2) is 37.9 Å². The summed E-state index contributed by atoms with van der Waals surface area (Å²) < 4.78 is 17.6. The highest BCUT2D eigenvalue weighted by atomic mass is 16.5. The van der Waals surface area contributed by atoms with Gasteiger partial charge in [-0.1, -0.05) is 42.5 Å². The number of para-hydroxylation sites is 1. The lowest BCUT2D eigenvalue weighted by Crippen LogP contribution is -2.45. The van der Waals surface area contributed by atoms with Crippen LogP contribution in [0.5, 0.6) is 5.75 Å². The Morgan fingerprint density at radius 1 is 1.09 bits per heavy atom. The number of ether oxygens (including phenoxy) is 3. The average molecular weight is 438 g/mol. The Morgan fingerprint density at radius 3 is 2.69 bits per heavy atom. The molecule has 32 heavy (non-hydrogen) atoms. The van der Waals surface area contributed by atoms with Gasteiger partial charge in [-0.25, -0.2) is 0 Å². The molecule has 0 saturated carbocycles. The zero-order valence-corrected chi connectivity index (χ0v) is 19.4. The molecule has 2 N–H and O–H groups in total. The van der Waals surface area contributed by atoms with Gasteiger partial charge in [0.05, 0.1) is 18.8 Å². The normalized spacial score (nSPS) is 20.8. The second kappa shape index (κ2) is 10.4. The molecule has 1 atom stereocenters. The number of rotatable bonds is 6. The molecule has 0 amide bonds. The quantitative estimate of drug-likeness (QED) is 0.520. The number of nitrogens with zero attached hydrogens (tertiary/aromatic N) is 1. The summed E-state index contributed by atoms with van der Waals surface area (Å²) in [5, 5.41) is 7.06. The van der Waals surface area contributed by atoms with Crippen LogP contribution in [0, 0.1) is 0 Å². The van der Waals surface area contributed by atoms with E-state index in [2.05, 4.69) is 65.9 Å². The zero-order valence-electron chi connectivity index (χ0n) is 19.4. The van der Waals surface area contributed by atoms with Gasteiger partial charge in [-0.3, -0.25) is 4.99 Å². The lowest BCUT2D eigenvalue weighted by atomic mass is 9.90. The minimum Gasteiger partial charge on any atom is -0.487 e. The third-order valence-corrected chi connectivity index (χ3v) is 6.02. The lowest BCUT2D eigenvalue weighted by molar-refractivity contribution is -0.0390. The molecule has 6 nitrogen and oxygen atoms in total. The Bertz CT molecular complexity index is 922. The van der Waals surface area contributed by atoms with Crippen LogP contribution in [0.15, 0.2) is 53.5 Å². The van der Waals surface area contributed by atoms with E-state index in [0.29, 0.717) is 19.3 Å². The lowest BCUT2D eigenvalue weighted by Gasteiger charge is -2.38. The van der Waals surface area contributed by atoms with E-state index in [9.17, 15) is 0 Å². The molecule has 2 aromatic rings. The third-order valence-electron chi connectivity index (χ3n) is 6.02. The van der Waals surface area contributed by atoms with Crippen molar-refractivity contribution in [3.05, 3.63) is 65.2 Å². The molecule has 1 fully saturated rings. The van der Waals surface area contributed by atoms with Gasteiger partial charge in [-0.05, 0) is 43.9 Å². The second-order valence-corrected chi connectivity index (χ2v) is 9.17. The van der Waals surface area contributed by atoms with Gasteiger partial charge in [0.25, 0.3) is 0 Å². The number of fused-ring (bicyclic) bond motifs is 1. The molecule has 0 bridgehead atoms. The molecule has 0 spiro atoms. The predicted molar refractivity (Wildman–Crippen MR) is 127 cm³/mol. The Labute approximate surface area is 191 Å². The number of guanidine groups is 1. The van der Waals surface area contributed by atoms with E-state index in [-0.39, 0.29) is 11.6 Å². The van der Waals surface area contributed by atoms with Crippen molar-refractivity contribution in [2.24, 2.45) is 4.99 Å². The molecule has 0 aliphatic carbocycles. The van der Waals surface area contributed by atoms with Crippen LogP contribution in [-0.2, 0) is 22.6 Å². The molecule has 4 rings (SSSR count). The zero-order chi connectivity index (χ0) is 22.4. The molecule has 2 aliphatic rings. The van der Waals surface area contributed by atoms with E-state index >= 15 is 0 Å². The molecule has 2 heterocycles. The molecule has 0 aromatic heterocycles. The standard InChI is InChI=1S/C26H35N3O3/c1-26(2)16-23(22-9-4-5-10-24(22)32-26)29-25(27-3)28-17-19-7-6-8-20(15-19)18-31-21-11-13-30-14-12-21/h4-10,15,21,23H,11-14,16-18H2,1-3H3,(H2,27,28,29). The predicted octanol–water partition coefficient (Wildman–Crippen LogP) is 4.35. The van der Waals surface area contributed by atoms with Crippen molar-refractivity contribution in [3.63, 3.8) is 0 Å². The Morgan fingerprint density at radius 2 is 1.88 bits per heavy atom. The first-order valence-electron chi connectivity index (χ1n) is 11.5. The largest absolute Gasteiger partial charge is 0.487 e. The fraction of sp³-hybridized carbons (Fsp3) is 0.500. The van der Waals surface area contributed by atoms with Crippen molar-refractivity contribution in [3.8, 4) is 5.75 Å². The van der Waals surface area contributed by atoms with Gasteiger partial charge in [-0.2, -0.15) is 0 Å². The first-order chi connectivity index (χ1) is 15.5. The van der Waals surface area contributed by atoms with Crippen molar-refractivity contribution in [2.75, 3.05) is 20.3 Å². The van der Waals surface area contributed by atoms with Gasteiger partial charge >= 0.3 is 0 Å². The van der Waals surface area contributed by atoms with E-state index in [4.69, 9.17) is 14.2 Å². The molecule has 2 aromatic carbocycles. The topological polar surface area (TPSA) is 64.1 Å². The SMILES string of the molecule is CN=C(NCc1cccc(COC2CCOCC2)c1)NC1CC(C)(C)Oc2ccccc21. The van der Waals surface area contributed by atoms with E-state index in [1.807, 2.05) is 19.2 Å². The molecular weight excluding hydrogens is 402 g/mol. The first kappa shape index (κ1) is 22.6. The van der Waals surface area contributed by atoms with Crippen LogP contribution in [0.1, 0.15) is 55.8 Å². The monoisotopic (exact) mass is 437 g/mol. The van der Waals surface area contributed by atoms with Gasteiger partial charge in [0.2, 0.25) is 0 Å². The van der Waals surface area contributed by atoms with Crippen LogP contribution in [0.3, 0.4) is 0 Å². The summed E-state index contributed by atoms with van der Waals surface area (Å²) in [5.41, 5.74) is 3.33. The summed E-state index contributed by atoms with van der Waals surface area (Å²) in [6.45, 7) is 7.19. The summed E-state index contributed by atoms with van der Waals surface area (Å²) in [6, 6.07) is 16.9. The summed E-state index contributed by atoms with van der Waals surface area (Å²) in [5.74, 6) is 1.72. The van der Waals surface area contributed by atoms with Crippen molar-refractivity contribution in [1.82, 2.24) is 10.6 Å². The van der Waals surface area contributed by atoms with Crippen molar-refractivity contribution < 1.29 is 14.2 Å². The number of benzene rings is 2. The Hall–Kier alpha value is -2.57. The molecule has 172 valence electrons. The van der Waals surface area contributed by atoms with Crippen LogP contribution in [0.25, 0.3) is 0 Å². The van der Waals surface area contributed by atoms with Crippen LogP contribution in [0.2, 0.25) is 0 Å². The van der Waals surface area contributed by atoms with Crippen molar-refractivity contribution in [1.29, 1.82) is 0 Å². The summed E-state index contributed by atoms with van der Waals surface area (Å²) in [4.78, 5) is 4.45. The van der Waals surface area contributed by atoms with Gasteiger partial charge in [0, 0.05) is 38.8 Å². The van der Waals surface area contributed by atoms with E-state index in [1.54, 1.807) is 0 Å². The first-order valence-corrected chi connectivity index (χ1v) is 11.5. The highest BCUT2D eigenvalue weighted by Crippen LogP contribution is 2.39. The Balaban J connectivity index is 1.34. The summed E-state index contributed by atoms with van der Waals surface area (Å²) >= 11 is 0. The van der Waals surface area contributed by atoms with Gasteiger partial charge in [0.15, 0.2) is 5.96 Å². The molecule has 1 saturated heterocycles. The van der Waals surface area contributed by atoms with Gasteiger partial charge in [-0.15, -0.1) is 0 Å². The minimum atomic E-state index is -0.232. The number of hydrogen-bond donors (Lipinski definition) is 2. The molecular formula is C26H35N3O3. The highest BCUT2D eigenvalue weighted by molar-refractivity contribution is 5.80. The van der Waals surface area contributed by atoms with Gasteiger partial charge in [0.1, 0.15) is 11.4 Å². The summed E-state index contributed by atoms with van der Waals surface area (Å²) in [7, 11) is 1.81. The van der Waals surface area contributed by atoms with E-state index in [1.165, 1.54) is 16.7 Å². The van der Waals surface area contributed by atoms with Crippen molar-refractivity contribution in [2.45, 2.75) is 64.0 Å². The summed E-state index contributed by atoms with van der Waals surface area (Å²) in [6.07, 6.45) is 3.13. The third kappa shape index (κ3) is 6.02. The fourth-order valence-corrected chi connectivity index (χ4v) is 4.36. The second-order valence-electron chi connectivity index (χ2n) is 9.17. The van der Waals surface area contributed by atoms with Crippen LogP contribution < -0.4 is 15.4 Å². The number of aliphatic imine (C=N–C) groups is 1. The van der Waals surface area contributed by atoms with E-state index < -0.39 is 0 Å². The van der Waals surface area contributed by atoms with Gasteiger partial charge < -0.3 is 24.8 Å². The van der Waals surface area contributed by atoms with Crippen LogP contribution in [0.4, 0.5) is 0 Å². The fourth-order valence-electron chi connectivity index (χ4n) is 4.36. The molecule has 1 unspecified atom stereocenters. The molecule has 0 radical (unpaired) electrons. The maximum absolute atomic E-state index is 6.15. The molecule has 6 heteroatoms. The maximum atomic E-state index is 6.15. The molecule has 2 aliphatic heterocycles. The number of hydrogen-bond acceptors (Lipinski definition) is 4. The van der Waals surface area contributed by atoms with Crippen molar-refractivity contribution >= 4 is 5.96 Å². The number of nitrogens with one attached hydrogen (secondary N) is 2. The maximum Gasteiger partial charge on any atom is 0.191 e. The minimum absolute atomic E-state index is 0.139. The smallest absolute Gasteiger partial charge is 0.191 e. The Kier molecular flexibility index (Phi) is 7.33.